The summed E-state index contributed by atoms with van der Waals surface area (Å²) in [6.07, 6.45) is 2.51. The van der Waals surface area contributed by atoms with Crippen molar-refractivity contribution in [2.24, 2.45) is 0 Å². The minimum absolute atomic E-state index is 0.784. The van der Waals surface area contributed by atoms with E-state index in [0.29, 0.717) is 0 Å². The molecule has 0 unspecified atom stereocenters. The second-order valence-electron chi connectivity index (χ2n) is 4.29. The first-order chi connectivity index (χ1) is 8.36. The lowest BCUT2D eigenvalue weighted by atomic mass is 10.3. The molecule has 1 rings (SSSR count). The summed E-state index contributed by atoms with van der Waals surface area (Å²) in [6.45, 7) is 11.6. The number of nitrogens with zero attached hydrogens (tertiary/aromatic N) is 1. The average Bonchev–Trinajstić information content (AvgIpc) is 2.36. The Kier molecular flexibility index (Phi) is 8.91. The van der Waals surface area contributed by atoms with Crippen molar-refractivity contribution in [2.75, 3.05) is 45.9 Å². The van der Waals surface area contributed by atoms with Crippen molar-refractivity contribution in [3.05, 3.63) is 0 Å². The number of hydrogen-bond acceptors (Lipinski definition) is 4. The Morgan fingerprint density at radius 3 is 2.29 bits per heavy atom. The minimum atomic E-state index is -0.980. The molecular weight excluding hydrogens is 232 g/mol. The van der Waals surface area contributed by atoms with Crippen LogP contribution in [0.3, 0.4) is 0 Å². The van der Waals surface area contributed by atoms with Crippen LogP contribution in [0, 0.1) is 0 Å². The van der Waals surface area contributed by atoms with Crippen LogP contribution >= 0.6 is 0 Å². The van der Waals surface area contributed by atoms with Gasteiger partial charge in [0.2, 0.25) is 0 Å². The molecular formula is C12H27N2O2Si. The molecule has 5 heteroatoms. The maximum absolute atomic E-state index is 5.63. The zero-order valence-electron chi connectivity index (χ0n) is 11.3. The monoisotopic (exact) mass is 259 g/mol. The number of unbranched alkanes of at least 4 members (excludes halogenated alkanes) is 1. The van der Waals surface area contributed by atoms with Crippen LogP contribution < -0.4 is 5.32 Å². The van der Waals surface area contributed by atoms with Crippen LogP contribution in [-0.4, -0.2) is 60.1 Å². The van der Waals surface area contributed by atoms with Crippen LogP contribution in [0.15, 0.2) is 0 Å². The van der Waals surface area contributed by atoms with Gasteiger partial charge in [0.15, 0.2) is 0 Å². The molecule has 1 aliphatic heterocycles. The van der Waals surface area contributed by atoms with Crippen molar-refractivity contribution in [3.63, 3.8) is 0 Å². The van der Waals surface area contributed by atoms with Crippen molar-refractivity contribution in [1.29, 1.82) is 0 Å². The third-order valence-electron chi connectivity index (χ3n) is 2.93. The van der Waals surface area contributed by atoms with Crippen LogP contribution in [-0.2, 0) is 8.85 Å². The molecule has 0 aliphatic carbocycles. The standard InChI is InChI=1S/C12H27N2O2Si/c1-3-15-17(16-4-2)12-6-5-9-14-10-7-13-8-11-14/h13H,3-12H2,1-2H3. The Labute approximate surface area is 108 Å². The largest absolute Gasteiger partial charge is 0.394 e. The smallest absolute Gasteiger partial charge is 0.384 e. The molecule has 0 aromatic carbocycles. The number of rotatable bonds is 9. The quantitative estimate of drug-likeness (QED) is 0.499. The molecule has 4 nitrogen and oxygen atoms in total. The van der Waals surface area contributed by atoms with Crippen LogP contribution in [0.2, 0.25) is 6.04 Å². The fraction of sp³-hybridized carbons (Fsp3) is 1.00. The van der Waals surface area contributed by atoms with E-state index >= 15 is 0 Å². The summed E-state index contributed by atoms with van der Waals surface area (Å²) in [6, 6.07) is 1.12. The van der Waals surface area contributed by atoms with Gasteiger partial charge in [-0.25, -0.2) is 0 Å². The highest BCUT2D eigenvalue weighted by Gasteiger charge is 2.14. The molecule has 0 aromatic rings. The molecule has 17 heavy (non-hydrogen) atoms. The first kappa shape index (κ1) is 15.1. The Morgan fingerprint density at radius 2 is 1.71 bits per heavy atom. The van der Waals surface area contributed by atoms with Crippen molar-refractivity contribution in [2.45, 2.75) is 32.7 Å². The van der Waals surface area contributed by atoms with E-state index in [1.165, 1.54) is 32.5 Å². The van der Waals surface area contributed by atoms with Crippen molar-refractivity contribution >= 4 is 9.28 Å². The summed E-state index contributed by atoms with van der Waals surface area (Å²) in [5, 5.41) is 3.38. The van der Waals surface area contributed by atoms with Gasteiger partial charge in [-0.3, -0.25) is 0 Å². The van der Waals surface area contributed by atoms with Crippen molar-refractivity contribution < 1.29 is 8.85 Å². The minimum Gasteiger partial charge on any atom is -0.394 e. The average molecular weight is 259 g/mol. The van der Waals surface area contributed by atoms with Gasteiger partial charge in [-0.15, -0.1) is 0 Å². The molecule has 0 amide bonds. The summed E-state index contributed by atoms with van der Waals surface area (Å²) in [5.41, 5.74) is 0. The molecule has 1 saturated heterocycles. The summed E-state index contributed by atoms with van der Waals surface area (Å²) in [4.78, 5) is 2.55. The molecule has 101 valence electrons. The Morgan fingerprint density at radius 1 is 1.06 bits per heavy atom. The molecule has 0 bridgehead atoms. The number of nitrogens with one attached hydrogen (secondary N) is 1. The van der Waals surface area contributed by atoms with Gasteiger partial charge >= 0.3 is 9.28 Å². The lowest BCUT2D eigenvalue weighted by Crippen LogP contribution is -2.43. The predicted molar refractivity (Wildman–Crippen MR) is 72.4 cm³/mol. The zero-order valence-corrected chi connectivity index (χ0v) is 12.3. The van der Waals surface area contributed by atoms with Gasteiger partial charge in [0.1, 0.15) is 0 Å². The second-order valence-corrected chi connectivity index (χ2v) is 6.11. The summed E-state index contributed by atoms with van der Waals surface area (Å²) in [5.74, 6) is 0. The lowest BCUT2D eigenvalue weighted by molar-refractivity contribution is 0.209. The molecule has 1 N–H and O–H groups in total. The topological polar surface area (TPSA) is 33.7 Å². The summed E-state index contributed by atoms with van der Waals surface area (Å²) < 4.78 is 11.3. The van der Waals surface area contributed by atoms with Crippen molar-refractivity contribution in [3.8, 4) is 0 Å². The molecule has 0 saturated carbocycles. The highest BCUT2D eigenvalue weighted by Crippen LogP contribution is 2.06. The van der Waals surface area contributed by atoms with Gasteiger partial charge in [0, 0.05) is 39.4 Å². The van der Waals surface area contributed by atoms with Crippen LogP contribution in [0.1, 0.15) is 26.7 Å². The fourth-order valence-electron chi connectivity index (χ4n) is 2.05. The predicted octanol–water partition coefficient (Wildman–Crippen LogP) is 1.23. The lowest BCUT2D eigenvalue weighted by Gasteiger charge is -2.27. The molecule has 1 radical (unpaired) electrons. The molecule has 0 atom stereocenters. The molecule has 1 heterocycles. The Bertz CT molecular complexity index is 172. The number of piperazine rings is 1. The van der Waals surface area contributed by atoms with E-state index in [0.717, 1.165) is 32.3 Å². The van der Waals surface area contributed by atoms with E-state index in [1.54, 1.807) is 0 Å². The van der Waals surface area contributed by atoms with Crippen LogP contribution in [0.25, 0.3) is 0 Å². The third-order valence-corrected chi connectivity index (χ3v) is 4.91. The second kappa shape index (κ2) is 10.0. The van der Waals surface area contributed by atoms with E-state index in [9.17, 15) is 0 Å². The van der Waals surface area contributed by atoms with Gasteiger partial charge in [-0.05, 0) is 32.9 Å². The van der Waals surface area contributed by atoms with E-state index in [-0.39, 0.29) is 0 Å². The highest BCUT2D eigenvalue weighted by atomic mass is 28.3. The van der Waals surface area contributed by atoms with Gasteiger partial charge in [-0.1, -0.05) is 6.42 Å². The Hall–Kier alpha value is 0.0569. The van der Waals surface area contributed by atoms with Gasteiger partial charge in [-0.2, -0.15) is 0 Å². The maximum atomic E-state index is 5.63. The van der Waals surface area contributed by atoms with E-state index in [4.69, 9.17) is 8.85 Å². The Balaban J connectivity index is 2.00. The summed E-state index contributed by atoms with van der Waals surface area (Å²) >= 11 is 0. The van der Waals surface area contributed by atoms with Gasteiger partial charge in [0.25, 0.3) is 0 Å². The van der Waals surface area contributed by atoms with Crippen LogP contribution in [0.4, 0.5) is 0 Å². The maximum Gasteiger partial charge on any atom is 0.384 e. The molecule has 1 aliphatic rings. The fourth-order valence-corrected chi connectivity index (χ4v) is 3.60. The zero-order chi connectivity index (χ0) is 12.3. The normalized spacial score (nSPS) is 17.8. The molecule has 0 spiro atoms. The van der Waals surface area contributed by atoms with Crippen molar-refractivity contribution in [1.82, 2.24) is 10.2 Å². The van der Waals surface area contributed by atoms with E-state index in [2.05, 4.69) is 10.2 Å². The van der Waals surface area contributed by atoms with Gasteiger partial charge < -0.3 is 19.1 Å². The van der Waals surface area contributed by atoms with E-state index < -0.39 is 9.28 Å². The first-order valence-electron chi connectivity index (χ1n) is 6.91. The number of hydrogen-bond donors (Lipinski definition) is 1. The van der Waals surface area contributed by atoms with Gasteiger partial charge in [0.05, 0.1) is 0 Å². The molecule has 0 aromatic heterocycles. The highest BCUT2D eigenvalue weighted by molar-refractivity contribution is 6.44. The van der Waals surface area contributed by atoms with Crippen LogP contribution in [0.5, 0.6) is 0 Å². The molecule has 1 fully saturated rings. The SMILES string of the molecule is CCO[Si](CCCCN1CCNCC1)OCC. The first-order valence-corrected chi connectivity index (χ1v) is 8.43. The summed E-state index contributed by atoms with van der Waals surface area (Å²) in [7, 11) is -0.980. The third kappa shape index (κ3) is 7.16. The van der Waals surface area contributed by atoms with E-state index in [1.807, 2.05) is 13.8 Å².